The number of hydrogen-bond donors (Lipinski definition) is 1. The van der Waals surface area contributed by atoms with E-state index in [4.69, 9.17) is 11.6 Å². The van der Waals surface area contributed by atoms with Crippen molar-refractivity contribution in [2.45, 2.75) is 12.7 Å². The van der Waals surface area contributed by atoms with E-state index >= 15 is 0 Å². The zero-order chi connectivity index (χ0) is 14.8. The molecule has 0 aliphatic rings. The smallest absolute Gasteiger partial charge is 0.381 e. The SMILES string of the molecule is Fc1cc(Cl)cc(CNc2cccc(C(F)(F)F)c2)c1. The van der Waals surface area contributed by atoms with Gasteiger partial charge in [-0.15, -0.1) is 0 Å². The van der Waals surface area contributed by atoms with E-state index in [-0.39, 0.29) is 11.6 Å². The van der Waals surface area contributed by atoms with Crippen molar-refractivity contribution in [1.29, 1.82) is 0 Å². The summed E-state index contributed by atoms with van der Waals surface area (Å²) >= 11 is 5.70. The zero-order valence-electron chi connectivity index (χ0n) is 10.1. The minimum atomic E-state index is -4.39. The van der Waals surface area contributed by atoms with E-state index in [1.165, 1.54) is 18.2 Å². The molecule has 0 spiro atoms. The average Bonchev–Trinajstić information content (AvgIpc) is 2.35. The highest BCUT2D eigenvalue weighted by Gasteiger charge is 2.30. The molecule has 0 heterocycles. The van der Waals surface area contributed by atoms with Gasteiger partial charge in [0, 0.05) is 17.3 Å². The summed E-state index contributed by atoms with van der Waals surface area (Å²) in [5, 5.41) is 3.04. The Kier molecular flexibility index (Phi) is 4.18. The van der Waals surface area contributed by atoms with Gasteiger partial charge >= 0.3 is 6.18 Å². The van der Waals surface area contributed by atoms with Crippen LogP contribution in [0.5, 0.6) is 0 Å². The lowest BCUT2D eigenvalue weighted by molar-refractivity contribution is -0.137. The lowest BCUT2D eigenvalue weighted by atomic mass is 10.1. The molecule has 0 bridgehead atoms. The molecule has 1 N–H and O–H groups in total. The van der Waals surface area contributed by atoms with Crippen molar-refractivity contribution in [3.63, 3.8) is 0 Å². The van der Waals surface area contributed by atoms with Gasteiger partial charge in [-0.2, -0.15) is 13.2 Å². The van der Waals surface area contributed by atoms with E-state index in [0.717, 1.165) is 18.2 Å². The summed E-state index contributed by atoms with van der Waals surface area (Å²) in [5.41, 5.74) is 0.118. The maximum atomic E-state index is 13.1. The molecule has 0 unspecified atom stereocenters. The highest BCUT2D eigenvalue weighted by atomic mass is 35.5. The summed E-state index contributed by atoms with van der Waals surface area (Å²) in [6, 6.07) is 8.79. The van der Waals surface area contributed by atoms with Crippen LogP contribution in [-0.2, 0) is 12.7 Å². The lowest BCUT2D eigenvalue weighted by Crippen LogP contribution is -2.06. The molecule has 20 heavy (non-hydrogen) atoms. The lowest BCUT2D eigenvalue weighted by Gasteiger charge is -2.11. The Morgan fingerprint density at radius 2 is 1.80 bits per heavy atom. The zero-order valence-corrected chi connectivity index (χ0v) is 10.9. The molecule has 2 aromatic carbocycles. The minimum Gasteiger partial charge on any atom is -0.381 e. The fourth-order valence-electron chi connectivity index (χ4n) is 1.72. The van der Waals surface area contributed by atoms with Gasteiger partial charge in [0.25, 0.3) is 0 Å². The highest BCUT2D eigenvalue weighted by Crippen LogP contribution is 2.30. The molecule has 1 nitrogen and oxygen atoms in total. The van der Waals surface area contributed by atoms with Crippen molar-refractivity contribution in [2.24, 2.45) is 0 Å². The Hall–Kier alpha value is -1.75. The predicted octanol–water partition coefficient (Wildman–Crippen LogP) is 5.11. The van der Waals surface area contributed by atoms with Crippen LogP contribution in [0.3, 0.4) is 0 Å². The molecule has 0 aliphatic heterocycles. The largest absolute Gasteiger partial charge is 0.416 e. The van der Waals surface area contributed by atoms with E-state index in [1.807, 2.05) is 0 Å². The molecule has 0 aromatic heterocycles. The minimum absolute atomic E-state index is 0.179. The Bertz CT molecular complexity index is 590. The fourth-order valence-corrected chi connectivity index (χ4v) is 1.97. The maximum absolute atomic E-state index is 13.1. The normalized spacial score (nSPS) is 11.4. The standard InChI is InChI=1S/C14H10ClF4N/c15-11-4-9(5-12(16)7-11)8-20-13-3-1-2-10(6-13)14(17,18)19/h1-7,20H,8H2. The molecule has 0 amide bonds. The number of anilines is 1. The van der Waals surface area contributed by atoms with E-state index < -0.39 is 17.6 Å². The van der Waals surface area contributed by atoms with Gasteiger partial charge in [0.15, 0.2) is 0 Å². The van der Waals surface area contributed by atoms with Gasteiger partial charge in [0.05, 0.1) is 5.56 Å². The summed E-state index contributed by atoms with van der Waals surface area (Å²) in [6.07, 6.45) is -4.39. The second kappa shape index (κ2) is 5.71. The second-order valence-electron chi connectivity index (χ2n) is 4.21. The van der Waals surface area contributed by atoms with E-state index in [2.05, 4.69) is 5.32 Å². The third kappa shape index (κ3) is 3.87. The molecule has 0 atom stereocenters. The van der Waals surface area contributed by atoms with Crippen molar-refractivity contribution >= 4 is 17.3 Å². The summed E-state index contributed by atoms with van der Waals surface area (Å²) in [5.74, 6) is -0.488. The van der Waals surface area contributed by atoms with Gasteiger partial charge in [0.2, 0.25) is 0 Å². The molecule has 2 rings (SSSR count). The van der Waals surface area contributed by atoms with Gasteiger partial charge in [0.1, 0.15) is 5.82 Å². The van der Waals surface area contributed by atoms with Crippen LogP contribution < -0.4 is 5.32 Å². The molecule has 0 saturated heterocycles. The van der Waals surface area contributed by atoms with Crippen molar-refractivity contribution in [3.05, 3.63) is 64.4 Å². The van der Waals surface area contributed by atoms with Gasteiger partial charge in [-0.3, -0.25) is 0 Å². The molecule has 0 saturated carbocycles. The van der Waals surface area contributed by atoms with Gasteiger partial charge in [-0.1, -0.05) is 17.7 Å². The van der Waals surface area contributed by atoms with Gasteiger partial charge in [-0.25, -0.2) is 4.39 Å². The molecule has 0 fully saturated rings. The monoisotopic (exact) mass is 303 g/mol. The number of benzene rings is 2. The Balaban J connectivity index is 2.11. The summed E-state index contributed by atoms with van der Waals surface area (Å²) < 4.78 is 50.7. The molecule has 0 aliphatic carbocycles. The first-order valence-electron chi connectivity index (χ1n) is 5.71. The summed E-state index contributed by atoms with van der Waals surface area (Å²) in [6.45, 7) is 0.179. The van der Waals surface area contributed by atoms with E-state index in [0.29, 0.717) is 11.3 Å². The fraction of sp³-hybridized carbons (Fsp3) is 0.143. The number of hydrogen-bond acceptors (Lipinski definition) is 1. The van der Waals surface area contributed by atoms with Crippen LogP contribution in [0, 0.1) is 5.82 Å². The Morgan fingerprint density at radius 1 is 1.05 bits per heavy atom. The Labute approximate surface area is 118 Å². The maximum Gasteiger partial charge on any atom is 0.416 e. The summed E-state index contributed by atoms with van der Waals surface area (Å²) in [4.78, 5) is 0. The van der Waals surface area contributed by atoms with Gasteiger partial charge in [-0.05, 0) is 42.0 Å². The molecular weight excluding hydrogens is 294 g/mol. The number of halogens is 5. The number of alkyl halides is 3. The number of rotatable bonds is 3. The highest BCUT2D eigenvalue weighted by molar-refractivity contribution is 6.30. The second-order valence-corrected chi connectivity index (χ2v) is 4.65. The van der Waals surface area contributed by atoms with Crippen LogP contribution >= 0.6 is 11.6 Å². The van der Waals surface area contributed by atoms with Crippen molar-refractivity contribution < 1.29 is 17.6 Å². The number of nitrogens with one attached hydrogen (secondary N) is 1. The quantitative estimate of drug-likeness (QED) is 0.777. The van der Waals surface area contributed by atoms with Crippen LogP contribution in [0.25, 0.3) is 0 Å². The molecule has 106 valence electrons. The third-order valence-electron chi connectivity index (χ3n) is 2.61. The van der Waals surface area contributed by atoms with Crippen molar-refractivity contribution in [3.8, 4) is 0 Å². The van der Waals surface area contributed by atoms with Crippen LogP contribution in [-0.4, -0.2) is 0 Å². The van der Waals surface area contributed by atoms with E-state index in [9.17, 15) is 17.6 Å². The molecular formula is C14H10ClF4N. The van der Waals surface area contributed by atoms with Crippen LogP contribution in [0.2, 0.25) is 5.02 Å². The third-order valence-corrected chi connectivity index (χ3v) is 2.83. The molecule has 0 radical (unpaired) electrons. The first-order chi connectivity index (χ1) is 9.34. The molecule has 2 aromatic rings. The topological polar surface area (TPSA) is 12.0 Å². The van der Waals surface area contributed by atoms with Crippen LogP contribution in [0.4, 0.5) is 23.2 Å². The first-order valence-corrected chi connectivity index (χ1v) is 6.08. The van der Waals surface area contributed by atoms with Crippen molar-refractivity contribution in [1.82, 2.24) is 0 Å². The van der Waals surface area contributed by atoms with Gasteiger partial charge < -0.3 is 5.32 Å². The average molecular weight is 304 g/mol. The summed E-state index contributed by atoms with van der Waals surface area (Å²) in [7, 11) is 0. The predicted molar refractivity (Wildman–Crippen MR) is 70.2 cm³/mol. The molecule has 6 heteroatoms. The Morgan fingerprint density at radius 3 is 2.45 bits per heavy atom. The van der Waals surface area contributed by atoms with Crippen LogP contribution in [0.15, 0.2) is 42.5 Å². The van der Waals surface area contributed by atoms with E-state index in [1.54, 1.807) is 6.07 Å². The first kappa shape index (κ1) is 14.7. The van der Waals surface area contributed by atoms with Crippen molar-refractivity contribution in [2.75, 3.05) is 5.32 Å². The van der Waals surface area contributed by atoms with Crippen LogP contribution in [0.1, 0.15) is 11.1 Å².